The molecule has 0 aliphatic carbocycles. The van der Waals surface area contributed by atoms with Crippen LogP contribution in [0.4, 0.5) is 0 Å². The normalized spacial score (nSPS) is 14.4. The van der Waals surface area contributed by atoms with Gasteiger partial charge in [0.25, 0.3) is 0 Å². The molecule has 2 aromatic rings. The Labute approximate surface area is 138 Å². The molecule has 1 aromatic heterocycles. The summed E-state index contributed by atoms with van der Waals surface area (Å²) in [6.45, 7) is 7.06. The highest BCUT2D eigenvalue weighted by Crippen LogP contribution is 2.19. The highest BCUT2D eigenvalue weighted by Gasteiger charge is 2.14. The van der Waals surface area contributed by atoms with E-state index in [1.165, 1.54) is 24.0 Å². The van der Waals surface area contributed by atoms with Gasteiger partial charge in [-0.1, -0.05) is 30.8 Å². The molecule has 0 atom stereocenters. The maximum absolute atomic E-state index is 9.62. The van der Waals surface area contributed by atoms with Crippen molar-refractivity contribution >= 4 is 6.08 Å². The van der Waals surface area contributed by atoms with E-state index in [0.29, 0.717) is 5.69 Å². The van der Waals surface area contributed by atoms with Gasteiger partial charge >= 0.3 is 0 Å². The van der Waals surface area contributed by atoms with Gasteiger partial charge in [-0.2, -0.15) is 0 Å². The number of hydrogen-bond acceptors (Lipinski definition) is 3. The summed E-state index contributed by atoms with van der Waals surface area (Å²) in [6.07, 6.45) is 6.01. The number of aryl methyl sites for hydroxylation is 1. The number of aromatic nitrogens is 1. The number of rotatable bonds is 6. The van der Waals surface area contributed by atoms with Crippen molar-refractivity contribution in [3.63, 3.8) is 0 Å². The molecule has 0 fully saturated rings. The largest absolute Gasteiger partial charge is 0.506 e. The average molecular weight is 308 g/mol. The number of hydrogen-bond donors (Lipinski definition) is 1. The zero-order valence-electron chi connectivity index (χ0n) is 13.5. The molecule has 0 spiro atoms. The number of fused-ring (bicyclic) bond motifs is 1. The lowest BCUT2D eigenvalue weighted by Crippen LogP contribution is -2.31. The quantitative estimate of drug-likeness (QED) is 0.824. The van der Waals surface area contributed by atoms with E-state index in [1.807, 2.05) is 6.07 Å². The van der Waals surface area contributed by atoms with Gasteiger partial charge in [0, 0.05) is 18.8 Å². The number of benzene rings is 1. The second-order valence-electron chi connectivity index (χ2n) is 6.16. The lowest BCUT2D eigenvalue weighted by atomic mass is 10.00. The van der Waals surface area contributed by atoms with Gasteiger partial charge in [-0.25, -0.2) is 4.98 Å². The van der Waals surface area contributed by atoms with Gasteiger partial charge in [-0.3, -0.25) is 4.90 Å². The van der Waals surface area contributed by atoms with Crippen LogP contribution in [0, 0.1) is 0 Å². The van der Waals surface area contributed by atoms with Gasteiger partial charge in [0.15, 0.2) is 0 Å². The number of aromatic hydroxyl groups is 1. The molecular formula is C20H24N2O. The van der Waals surface area contributed by atoms with Crippen LogP contribution in [-0.4, -0.2) is 28.1 Å². The fraction of sp³-hybridized carbons (Fsp3) is 0.350. The highest BCUT2D eigenvalue weighted by atomic mass is 16.3. The van der Waals surface area contributed by atoms with E-state index in [-0.39, 0.29) is 5.75 Å². The van der Waals surface area contributed by atoms with Crippen LogP contribution in [0.5, 0.6) is 5.75 Å². The smallest absolute Gasteiger partial charge is 0.141 e. The van der Waals surface area contributed by atoms with Crippen LogP contribution in [0.25, 0.3) is 6.08 Å². The summed E-state index contributed by atoms with van der Waals surface area (Å²) in [5.41, 5.74) is 4.60. The highest BCUT2D eigenvalue weighted by molar-refractivity contribution is 5.50. The molecule has 120 valence electrons. The Hall–Kier alpha value is -2.13. The first kappa shape index (κ1) is 15.8. The molecule has 3 rings (SSSR count). The van der Waals surface area contributed by atoms with E-state index in [0.717, 1.165) is 38.2 Å². The van der Waals surface area contributed by atoms with Crippen LogP contribution in [0.15, 0.2) is 43.0 Å². The van der Waals surface area contributed by atoms with Crippen molar-refractivity contribution in [1.82, 2.24) is 9.88 Å². The summed E-state index contributed by atoms with van der Waals surface area (Å²) in [7, 11) is 0. The van der Waals surface area contributed by atoms with Crippen LogP contribution in [-0.2, 0) is 19.4 Å². The fourth-order valence-electron chi connectivity index (χ4n) is 3.19. The topological polar surface area (TPSA) is 36.4 Å². The van der Waals surface area contributed by atoms with Gasteiger partial charge in [0.05, 0.1) is 0 Å². The molecule has 1 aliphatic heterocycles. The van der Waals surface area contributed by atoms with E-state index in [9.17, 15) is 5.11 Å². The van der Waals surface area contributed by atoms with E-state index in [1.54, 1.807) is 12.1 Å². The van der Waals surface area contributed by atoms with Crippen LogP contribution in [0.1, 0.15) is 35.4 Å². The van der Waals surface area contributed by atoms with Crippen molar-refractivity contribution < 1.29 is 5.11 Å². The first-order chi connectivity index (χ1) is 11.3. The molecule has 0 unspecified atom stereocenters. The van der Waals surface area contributed by atoms with Crippen molar-refractivity contribution in [2.45, 2.75) is 32.2 Å². The Balaban J connectivity index is 1.45. The monoisotopic (exact) mass is 308 g/mol. The SMILES string of the molecule is C=Cc1nc(CCCCN2CCc3ccccc3C2)ccc1O. The summed E-state index contributed by atoms with van der Waals surface area (Å²) >= 11 is 0. The van der Waals surface area contributed by atoms with Gasteiger partial charge in [-0.15, -0.1) is 0 Å². The fourth-order valence-corrected chi connectivity index (χ4v) is 3.19. The molecule has 1 N–H and O–H groups in total. The molecule has 0 saturated heterocycles. The minimum atomic E-state index is 0.204. The van der Waals surface area contributed by atoms with E-state index < -0.39 is 0 Å². The third-order valence-electron chi connectivity index (χ3n) is 4.52. The lowest BCUT2D eigenvalue weighted by molar-refractivity contribution is 0.249. The van der Waals surface area contributed by atoms with Crippen LogP contribution >= 0.6 is 0 Å². The molecule has 23 heavy (non-hydrogen) atoms. The van der Waals surface area contributed by atoms with Crippen molar-refractivity contribution in [2.75, 3.05) is 13.1 Å². The molecule has 3 nitrogen and oxygen atoms in total. The van der Waals surface area contributed by atoms with Crippen LogP contribution < -0.4 is 0 Å². The Morgan fingerprint density at radius 1 is 1.13 bits per heavy atom. The van der Waals surface area contributed by atoms with Gasteiger partial charge in [0.1, 0.15) is 11.4 Å². The van der Waals surface area contributed by atoms with Crippen molar-refractivity contribution in [3.8, 4) is 5.75 Å². The Morgan fingerprint density at radius 2 is 1.96 bits per heavy atom. The minimum Gasteiger partial charge on any atom is -0.506 e. The molecule has 1 aliphatic rings. The summed E-state index contributed by atoms with van der Waals surface area (Å²) in [4.78, 5) is 6.97. The second-order valence-corrected chi connectivity index (χ2v) is 6.16. The number of pyridine rings is 1. The van der Waals surface area contributed by atoms with Crippen LogP contribution in [0.2, 0.25) is 0 Å². The second kappa shape index (κ2) is 7.42. The molecule has 2 heterocycles. The summed E-state index contributed by atoms with van der Waals surface area (Å²) in [5.74, 6) is 0.204. The molecular weight excluding hydrogens is 284 g/mol. The van der Waals surface area contributed by atoms with E-state index in [2.05, 4.69) is 40.7 Å². The van der Waals surface area contributed by atoms with Crippen molar-refractivity contribution in [1.29, 1.82) is 0 Å². The molecule has 0 radical (unpaired) electrons. The lowest BCUT2D eigenvalue weighted by Gasteiger charge is -2.28. The number of unbranched alkanes of at least 4 members (excludes halogenated alkanes) is 1. The Morgan fingerprint density at radius 3 is 2.78 bits per heavy atom. The Kier molecular flexibility index (Phi) is 5.09. The molecule has 0 saturated carbocycles. The molecule has 1 aromatic carbocycles. The predicted molar refractivity (Wildman–Crippen MR) is 94.4 cm³/mol. The van der Waals surface area contributed by atoms with Gasteiger partial charge < -0.3 is 5.11 Å². The first-order valence-electron chi connectivity index (χ1n) is 8.37. The third kappa shape index (κ3) is 3.99. The predicted octanol–water partition coefficient (Wildman–Crippen LogP) is 3.81. The van der Waals surface area contributed by atoms with Gasteiger partial charge in [-0.05, 0) is 61.6 Å². The summed E-state index contributed by atoms with van der Waals surface area (Å²) in [6, 6.07) is 12.4. The number of nitrogens with zero attached hydrogens (tertiary/aromatic N) is 2. The standard InChI is InChI=1S/C20H24N2O/c1-2-19-20(23)11-10-18(21-19)9-5-6-13-22-14-12-16-7-3-4-8-17(16)15-22/h2-4,7-8,10-11,23H,1,5-6,9,12-15H2. The zero-order valence-corrected chi connectivity index (χ0v) is 13.5. The molecule has 0 amide bonds. The first-order valence-corrected chi connectivity index (χ1v) is 8.37. The van der Waals surface area contributed by atoms with E-state index in [4.69, 9.17) is 0 Å². The molecule has 0 bridgehead atoms. The summed E-state index contributed by atoms with van der Waals surface area (Å²) in [5, 5.41) is 9.62. The minimum absolute atomic E-state index is 0.204. The van der Waals surface area contributed by atoms with Gasteiger partial charge in [0.2, 0.25) is 0 Å². The maximum atomic E-state index is 9.62. The maximum Gasteiger partial charge on any atom is 0.141 e. The Bertz CT molecular complexity index is 681. The molecule has 3 heteroatoms. The van der Waals surface area contributed by atoms with E-state index >= 15 is 0 Å². The third-order valence-corrected chi connectivity index (χ3v) is 4.52. The van der Waals surface area contributed by atoms with Crippen LogP contribution in [0.3, 0.4) is 0 Å². The zero-order chi connectivity index (χ0) is 16.1. The summed E-state index contributed by atoms with van der Waals surface area (Å²) < 4.78 is 0. The average Bonchev–Trinajstić information content (AvgIpc) is 2.60. The van der Waals surface area contributed by atoms with Crippen molar-refractivity contribution in [2.24, 2.45) is 0 Å². The van der Waals surface area contributed by atoms with Crippen molar-refractivity contribution in [3.05, 3.63) is 65.5 Å².